The summed E-state index contributed by atoms with van der Waals surface area (Å²) in [6.45, 7) is 7.79. The highest BCUT2D eigenvalue weighted by Gasteiger charge is 2.23. The quantitative estimate of drug-likeness (QED) is 0.838. The van der Waals surface area contributed by atoms with Crippen LogP contribution in [0.15, 0.2) is 6.33 Å². The smallest absolute Gasteiger partial charge is 0.208 e. The van der Waals surface area contributed by atoms with E-state index in [1.807, 2.05) is 0 Å². The van der Waals surface area contributed by atoms with Crippen LogP contribution in [-0.4, -0.2) is 64.1 Å². The van der Waals surface area contributed by atoms with Crippen molar-refractivity contribution in [3.8, 4) is 0 Å². The summed E-state index contributed by atoms with van der Waals surface area (Å²) in [4.78, 5) is 15.7. The van der Waals surface area contributed by atoms with E-state index in [1.54, 1.807) is 0 Å². The highest BCUT2D eigenvalue weighted by atomic mass is 16.5. The summed E-state index contributed by atoms with van der Waals surface area (Å²) in [6, 6.07) is 0.239. The lowest BCUT2D eigenvalue weighted by Crippen LogP contribution is -2.38. The second kappa shape index (κ2) is 6.45. The Kier molecular flexibility index (Phi) is 4.39. The summed E-state index contributed by atoms with van der Waals surface area (Å²) in [7, 11) is 0. The topological polar surface area (TPSA) is 88.3 Å². The fourth-order valence-corrected chi connectivity index (χ4v) is 2.66. The first-order chi connectivity index (χ1) is 10.7. The maximum atomic E-state index is 9.00. The first kappa shape index (κ1) is 15.0. The molecule has 0 unspecified atom stereocenters. The van der Waals surface area contributed by atoms with Crippen molar-refractivity contribution < 1.29 is 9.84 Å². The van der Waals surface area contributed by atoms with Crippen molar-refractivity contribution in [2.75, 3.05) is 49.7 Å². The number of nitrogens with zero attached hydrogens (tertiary/aromatic N) is 5. The lowest BCUT2D eigenvalue weighted by molar-refractivity contribution is 0.121. The highest BCUT2D eigenvalue weighted by molar-refractivity contribution is 5.85. The molecule has 0 atom stereocenters. The summed E-state index contributed by atoms with van der Waals surface area (Å²) in [5, 5.41) is 12.1. The molecule has 2 aromatic heterocycles. The fourth-order valence-electron chi connectivity index (χ4n) is 2.66. The van der Waals surface area contributed by atoms with Crippen molar-refractivity contribution >= 4 is 22.9 Å². The number of aliphatic hydroxyl groups is 1. The number of fused-ring (bicyclic) bond motifs is 1. The second-order valence-electron chi connectivity index (χ2n) is 5.52. The van der Waals surface area contributed by atoms with Crippen molar-refractivity contribution in [2.24, 2.45) is 0 Å². The van der Waals surface area contributed by atoms with Crippen LogP contribution in [0, 0.1) is 0 Å². The van der Waals surface area contributed by atoms with Crippen LogP contribution in [0.2, 0.25) is 0 Å². The van der Waals surface area contributed by atoms with Gasteiger partial charge in [0.1, 0.15) is 6.33 Å². The molecule has 0 spiro atoms. The molecule has 3 heterocycles. The van der Waals surface area contributed by atoms with E-state index in [4.69, 9.17) is 14.8 Å². The third-order valence-corrected chi connectivity index (χ3v) is 3.67. The molecule has 0 amide bonds. The van der Waals surface area contributed by atoms with Gasteiger partial charge in [0.05, 0.1) is 19.8 Å². The summed E-state index contributed by atoms with van der Waals surface area (Å²) in [5.41, 5.74) is 1.55. The maximum Gasteiger partial charge on any atom is 0.208 e. The molecule has 1 aliphatic rings. The third kappa shape index (κ3) is 2.71. The fraction of sp³-hybridized carbons (Fsp3) is 0.643. The van der Waals surface area contributed by atoms with Crippen LogP contribution in [0.5, 0.6) is 0 Å². The number of nitrogens with one attached hydrogen (secondary N) is 1. The highest BCUT2D eigenvalue weighted by Crippen LogP contribution is 2.28. The van der Waals surface area contributed by atoms with E-state index in [9.17, 15) is 0 Å². The van der Waals surface area contributed by atoms with E-state index in [0.29, 0.717) is 25.6 Å². The maximum absolute atomic E-state index is 9.00. The predicted octanol–water partition coefficient (Wildman–Crippen LogP) is 0.648. The zero-order chi connectivity index (χ0) is 15.5. The molecule has 1 aliphatic heterocycles. The number of hydrogen-bond donors (Lipinski definition) is 2. The van der Waals surface area contributed by atoms with E-state index in [1.165, 1.54) is 6.33 Å². The van der Waals surface area contributed by atoms with Gasteiger partial charge in [-0.3, -0.25) is 4.57 Å². The SMILES string of the molecule is CC(C)n1c(N2CCOCC2)nc2c(NCCO)ncnc21. The second-order valence-corrected chi connectivity index (χ2v) is 5.52. The Balaban J connectivity index is 2.08. The number of rotatable bonds is 5. The molecular weight excluding hydrogens is 284 g/mol. The largest absolute Gasteiger partial charge is 0.395 e. The van der Waals surface area contributed by atoms with Gasteiger partial charge < -0.3 is 20.1 Å². The van der Waals surface area contributed by atoms with E-state index in [-0.39, 0.29) is 12.6 Å². The van der Waals surface area contributed by atoms with E-state index in [2.05, 4.69) is 38.6 Å². The molecule has 8 heteroatoms. The number of aromatic nitrogens is 4. The lowest BCUT2D eigenvalue weighted by atomic mass is 10.3. The Hall–Kier alpha value is -1.93. The average Bonchev–Trinajstić information content (AvgIpc) is 2.94. The van der Waals surface area contributed by atoms with E-state index < -0.39 is 0 Å². The molecule has 1 saturated heterocycles. The monoisotopic (exact) mass is 306 g/mol. The Bertz CT molecular complexity index is 636. The van der Waals surface area contributed by atoms with Gasteiger partial charge in [0.15, 0.2) is 17.0 Å². The third-order valence-electron chi connectivity index (χ3n) is 3.67. The van der Waals surface area contributed by atoms with Gasteiger partial charge in [-0.1, -0.05) is 0 Å². The van der Waals surface area contributed by atoms with Crippen LogP contribution < -0.4 is 10.2 Å². The molecule has 3 rings (SSSR count). The zero-order valence-electron chi connectivity index (χ0n) is 13.0. The molecule has 0 aromatic carbocycles. The first-order valence-electron chi connectivity index (χ1n) is 7.62. The van der Waals surface area contributed by atoms with Gasteiger partial charge in [0, 0.05) is 25.7 Å². The van der Waals surface area contributed by atoms with Gasteiger partial charge in [-0.05, 0) is 13.8 Å². The summed E-state index contributed by atoms with van der Waals surface area (Å²) in [6.07, 6.45) is 1.53. The molecule has 0 saturated carbocycles. The molecule has 8 nitrogen and oxygen atoms in total. The van der Waals surface area contributed by atoms with E-state index >= 15 is 0 Å². The Morgan fingerprint density at radius 3 is 2.77 bits per heavy atom. The molecule has 22 heavy (non-hydrogen) atoms. The van der Waals surface area contributed by atoms with Crippen LogP contribution in [0.1, 0.15) is 19.9 Å². The molecule has 2 aromatic rings. The average molecular weight is 306 g/mol. The van der Waals surface area contributed by atoms with Gasteiger partial charge in [-0.2, -0.15) is 0 Å². The minimum Gasteiger partial charge on any atom is -0.395 e. The number of imidazole rings is 1. The van der Waals surface area contributed by atoms with Crippen LogP contribution in [0.25, 0.3) is 11.2 Å². The van der Waals surface area contributed by atoms with Crippen LogP contribution >= 0.6 is 0 Å². The standard InChI is InChI=1S/C14H22N6O2/c1-10(2)20-13-11(12(15-3-6-21)16-9-17-13)18-14(20)19-4-7-22-8-5-19/h9-10,21H,3-8H2,1-2H3,(H,15,16,17). The van der Waals surface area contributed by atoms with Gasteiger partial charge >= 0.3 is 0 Å². The molecule has 2 N–H and O–H groups in total. The Morgan fingerprint density at radius 1 is 1.32 bits per heavy atom. The number of anilines is 2. The molecule has 120 valence electrons. The summed E-state index contributed by atoms with van der Waals surface area (Å²) >= 11 is 0. The van der Waals surface area contributed by atoms with Gasteiger partial charge in [0.2, 0.25) is 5.95 Å². The minimum absolute atomic E-state index is 0.0483. The number of hydrogen-bond acceptors (Lipinski definition) is 7. The van der Waals surface area contributed by atoms with Crippen molar-refractivity contribution in [3.63, 3.8) is 0 Å². The molecule has 0 bridgehead atoms. The molecule has 0 radical (unpaired) electrons. The molecule has 1 fully saturated rings. The van der Waals surface area contributed by atoms with Crippen LogP contribution in [0.4, 0.5) is 11.8 Å². The normalized spacial score (nSPS) is 15.7. The van der Waals surface area contributed by atoms with Crippen molar-refractivity contribution in [1.29, 1.82) is 0 Å². The Labute approximate surface area is 129 Å². The Morgan fingerprint density at radius 2 is 2.09 bits per heavy atom. The van der Waals surface area contributed by atoms with Crippen LogP contribution in [0.3, 0.4) is 0 Å². The number of ether oxygens (including phenoxy) is 1. The summed E-state index contributed by atoms with van der Waals surface area (Å²) in [5.74, 6) is 1.56. The van der Waals surface area contributed by atoms with Gasteiger partial charge in [-0.25, -0.2) is 15.0 Å². The van der Waals surface area contributed by atoms with Gasteiger partial charge in [0.25, 0.3) is 0 Å². The van der Waals surface area contributed by atoms with E-state index in [0.717, 1.165) is 30.2 Å². The van der Waals surface area contributed by atoms with Crippen molar-refractivity contribution in [3.05, 3.63) is 6.33 Å². The van der Waals surface area contributed by atoms with Crippen molar-refractivity contribution in [2.45, 2.75) is 19.9 Å². The van der Waals surface area contributed by atoms with Crippen LogP contribution in [-0.2, 0) is 4.74 Å². The molecular formula is C14H22N6O2. The summed E-state index contributed by atoms with van der Waals surface area (Å²) < 4.78 is 7.56. The lowest BCUT2D eigenvalue weighted by Gasteiger charge is -2.29. The molecule has 0 aliphatic carbocycles. The van der Waals surface area contributed by atoms with Crippen molar-refractivity contribution in [1.82, 2.24) is 19.5 Å². The predicted molar refractivity (Wildman–Crippen MR) is 84.3 cm³/mol. The first-order valence-corrected chi connectivity index (χ1v) is 7.62. The minimum atomic E-state index is 0.0483. The zero-order valence-corrected chi connectivity index (χ0v) is 13.0. The van der Waals surface area contributed by atoms with Gasteiger partial charge in [-0.15, -0.1) is 0 Å². The number of morpholine rings is 1. The number of aliphatic hydroxyl groups excluding tert-OH is 1.